The molecule has 2 atom stereocenters. The molecular formula is C23H28N2O5S. The molecule has 0 saturated heterocycles. The molecule has 4 rings (SSSR count). The Balaban J connectivity index is 1.59. The minimum atomic E-state index is -3.49. The number of hydrogen-bond donors (Lipinski definition) is 1. The molecule has 0 unspecified atom stereocenters. The summed E-state index contributed by atoms with van der Waals surface area (Å²) in [6.07, 6.45) is 1.23. The smallest absolute Gasteiger partial charge is 0.261 e. The third kappa shape index (κ3) is 4.49. The van der Waals surface area contributed by atoms with Crippen LogP contribution in [0.1, 0.15) is 43.9 Å². The van der Waals surface area contributed by atoms with Crippen molar-refractivity contribution >= 4 is 21.6 Å². The predicted octanol–water partition coefficient (Wildman–Crippen LogP) is 3.33. The van der Waals surface area contributed by atoms with Gasteiger partial charge in [-0.2, -0.15) is 0 Å². The normalized spacial score (nSPS) is 22.3. The number of carbonyl (C=O) groups is 1. The Hall–Kier alpha value is -2.74. The number of fused-ring (bicyclic) bond motifs is 2. The number of para-hydroxylation sites is 2. The van der Waals surface area contributed by atoms with Gasteiger partial charge in [0.05, 0.1) is 18.0 Å². The Labute approximate surface area is 183 Å². The molecular weight excluding hydrogens is 416 g/mol. The van der Waals surface area contributed by atoms with Crippen LogP contribution in [0.15, 0.2) is 42.5 Å². The van der Waals surface area contributed by atoms with Crippen LogP contribution in [0.25, 0.3) is 0 Å². The highest BCUT2D eigenvalue weighted by Crippen LogP contribution is 2.40. The van der Waals surface area contributed by atoms with Crippen molar-refractivity contribution in [3.63, 3.8) is 0 Å². The maximum Gasteiger partial charge on any atom is 0.261 e. The average molecular weight is 445 g/mol. The Morgan fingerprint density at radius 1 is 1.16 bits per heavy atom. The van der Waals surface area contributed by atoms with Crippen molar-refractivity contribution in [3.8, 4) is 11.5 Å². The SMILES string of the molecule is Cc1ccc2c(c1)[C@H](NC(=O)[C@H]1CCN(S(C)(=O)=O)c3ccccc3O1)CC(C)(C)O2. The first-order valence-electron chi connectivity index (χ1n) is 10.4. The molecule has 0 bridgehead atoms. The summed E-state index contributed by atoms with van der Waals surface area (Å²) >= 11 is 0. The maximum atomic E-state index is 13.2. The Morgan fingerprint density at radius 3 is 2.65 bits per heavy atom. The van der Waals surface area contributed by atoms with Crippen LogP contribution in [-0.4, -0.2) is 38.8 Å². The number of amides is 1. The minimum absolute atomic E-state index is 0.170. The Bertz CT molecular complexity index is 1110. The van der Waals surface area contributed by atoms with Crippen molar-refractivity contribution in [2.45, 2.75) is 51.4 Å². The number of aryl methyl sites for hydroxylation is 1. The number of hydrogen-bond acceptors (Lipinski definition) is 5. The number of nitrogens with one attached hydrogen (secondary N) is 1. The van der Waals surface area contributed by atoms with Crippen LogP contribution in [0.4, 0.5) is 5.69 Å². The fraction of sp³-hybridized carbons (Fsp3) is 0.435. The molecule has 0 saturated carbocycles. The average Bonchev–Trinajstić information content (AvgIpc) is 2.87. The molecule has 1 amide bonds. The molecule has 0 aliphatic carbocycles. The summed E-state index contributed by atoms with van der Waals surface area (Å²) < 4.78 is 38.0. The van der Waals surface area contributed by atoms with Gasteiger partial charge in [0.2, 0.25) is 10.0 Å². The van der Waals surface area contributed by atoms with Gasteiger partial charge in [0, 0.05) is 24.9 Å². The van der Waals surface area contributed by atoms with E-state index in [2.05, 4.69) is 5.32 Å². The van der Waals surface area contributed by atoms with Gasteiger partial charge in [-0.15, -0.1) is 0 Å². The molecule has 7 nitrogen and oxygen atoms in total. The van der Waals surface area contributed by atoms with E-state index in [9.17, 15) is 13.2 Å². The first-order chi connectivity index (χ1) is 14.5. The lowest BCUT2D eigenvalue weighted by atomic mass is 9.88. The molecule has 2 aromatic rings. The predicted molar refractivity (Wildman–Crippen MR) is 119 cm³/mol. The second kappa shape index (κ2) is 7.75. The highest BCUT2D eigenvalue weighted by molar-refractivity contribution is 7.92. The number of benzene rings is 2. The van der Waals surface area contributed by atoms with Crippen LogP contribution in [-0.2, 0) is 14.8 Å². The summed E-state index contributed by atoms with van der Waals surface area (Å²) in [5.41, 5.74) is 2.06. The van der Waals surface area contributed by atoms with E-state index < -0.39 is 21.7 Å². The van der Waals surface area contributed by atoms with Crippen LogP contribution >= 0.6 is 0 Å². The molecule has 2 aliphatic heterocycles. The number of sulfonamides is 1. The molecule has 2 aliphatic rings. The Kier molecular flexibility index (Phi) is 5.37. The van der Waals surface area contributed by atoms with Crippen molar-refractivity contribution in [2.75, 3.05) is 17.1 Å². The largest absolute Gasteiger partial charge is 0.487 e. The first-order valence-corrected chi connectivity index (χ1v) is 12.2. The van der Waals surface area contributed by atoms with E-state index in [0.717, 1.165) is 23.1 Å². The van der Waals surface area contributed by atoms with Gasteiger partial charge in [-0.05, 0) is 39.0 Å². The molecule has 0 spiro atoms. The van der Waals surface area contributed by atoms with Crippen molar-refractivity contribution in [2.24, 2.45) is 0 Å². The number of nitrogens with zero attached hydrogens (tertiary/aromatic N) is 1. The monoisotopic (exact) mass is 444 g/mol. The fourth-order valence-corrected chi connectivity index (χ4v) is 5.17. The van der Waals surface area contributed by atoms with E-state index in [1.807, 2.05) is 39.0 Å². The molecule has 166 valence electrons. The van der Waals surface area contributed by atoms with Gasteiger partial charge in [0.15, 0.2) is 6.10 Å². The van der Waals surface area contributed by atoms with Crippen LogP contribution in [0.2, 0.25) is 0 Å². The van der Waals surface area contributed by atoms with Crippen molar-refractivity contribution in [3.05, 3.63) is 53.6 Å². The van der Waals surface area contributed by atoms with E-state index in [1.54, 1.807) is 24.3 Å². The van der Waals surface area contributed by atoms with E-state index in [4.69, 9.17) is 9.47 Å². The highest BCUT2D eigenvalue weighted by Gasteiger charge is 2.37. The van der Waals surface area contributed by atoms with Crippen LogP contribution in [0.3, 0.4) is 0 Å². The molecule has 2 heterocycles. The van der Waals surface area contributed by atoms with Gasteiger partial charge in [0.25, 0.3) is 5.91 Å². The zero-order valence-corrected chi connectivity index (χ0v) is 19.0. The minimum Gasteiger partial charge on any atom is -0.487 e. The van der Waals surface area contributed by atoms with Gasteiger partial charge >= 0.3 is 0 Å². The molecule has 0 radical (unpaired) electrons. The van der Waals surface area contributed by atoms with E-state index >= 15 is 0 Å². The van der Waals surface area contributed by atoms with Crippen molar-refractivity contribution < 1.29 is 22.7 Å². The molecule has 2 aromatic carbocycles. The topological polar surface area (TPSA) is 84.9 Å². The number of anilines is 1. The zero-order chi connectivity index (χ0) is 22.4. The highest BCUT2D eigenvalue weighted by atomic mass is 32.2. The van der Waals surface area contributed by atoms with Crippen molar-refractivity contribution in [1.82, 2.24) is 5.32 Å². The van der Waals surface area contributed by atoms with Crippen LogP contribution < -0.4 is 19.1 Å². The third-order valence-corrected chi connectivity index (χ3v) is 6.81. The van der Waals surface area contributed by atoms with Crippen molar-refractivity contribution in [1.29, 1.82) is 0 Å². The summed E-state index contributed by atoms with van der Waals surface area (Å²) in [5.74, 6) is 0.886. The molecule has 0 fully saturated rings. The second-order valence-corrected chi connectivity index (χ2v) is 10.8. The van der Waals surface area contributed by atoms with Crippen LogP contribution in [0.5, 0.6) is 11.5 Å². The molecule has 0 aromatic heterocycles. The standard InChI is InChI=1S/C23H28N2O5S/c1-15-9-10-19-16(13-15)17(14-23(2,3)30-19)24-22(26)21-11-12-25(31(4,27)28)18-7-5-6-8-20(18)29-21/h5-10,13,17,21H,11-12,14H2,1-4H3,(H,24,26)/t17-,21-/m1/s1. The fourth-order valence-electron chi connectivity index (χ4n) is 4.23. The van der Waals surface area contributed by atoms with Gasteiger partial charge in [-0.25, -0.2) is 8.42 Å². The lowest BCUT2D eigenvalue weighted by Crippen LogP contribution is -2.46. The lowest BCUT2D eigenvalue weighted by molar-refractivity contribution is -0.129. The summed E-state index contributed by atoms with van der Waals surface area (Å²) in [5, 5.41) is 3.13. The van der Waals surface area contributed by atoms with Crippen LogP contribution in [0, 0.1) is 6.92 Å². The first kappa shape index (κ1) is 21.5. The lowest BCUT2D eigenvalue weighted by Gasteiger charge is -2.38. The van der Waals surface area contributed by atoms with E-state index in [0.29, 0.717) is 17.9 Å². The van der Waals surface area contributed by atoms with E-state index in [-0.39, 0.29) is 24.9 Å². The summed E-state index contributed by atoms with van der Waals surface area (Å²) in [6.45, 7) is 6.17. The third-order valence-electron chi connectivity index (χ3n) is 5.63. The van der Waals surface area contributed by atoms with Gasteiger partial charge in [0.1, 0.15) is 17.1 Å². The zero-order valence-electron chi connectivity index (χ0n) is 18.2. The summed E-state index contributed by atoms with van der Waals surface area (Å²) in [7, 11) is -3.49. The van der Waals surface area contributed by atoms with Gasteiger partial charge in [-0.1, -0.05) is 29.8 Å². The molecule has 8 heteroatoms. The number of ether oxygens (including phenoxy) is 2. The quantitative estimate of drug-likeness (QED) is 0.785. The number of carbonyl (C=O) groups excluding carboxylic acids is 1. The van der Waals surface area contributed by atoms with Gasteiger partial charge < -0.3 is 14.8 Å². The molecule has 31 heavy (non-hydrogen) atoms. The summed E-state index contributed by atoms with van der Waals surface area (Å²) in [4.78, 5) is 13.2. The van der Waals surface area contributed by atoms with Gasteiger partial charge in [-0.3, -0.25) is 9.10 Å². The van der Waals surface area contributed by atoms with E-state index in [1.165, 1.54) is 4.31 Å². The number of rotatable bonds is 3. The maximum absolute atomic E-state index is 13.2. The molecule has 1 N–H and O–H groups in total. The second-order valence-electron chi connectivity index (χ2n) is 8.87. The Morgan fingerprint density at radius 2 is 1.90 bits per heavy atom. The summed E-state index contributed by atoms with van der Waals surface area (Å²) in [6, 6.07) is 12.6.